The van der Waals surface area contributed by atoms with Crippen LogP contribution in [0.4, 0.5) is 13.2 Å². The Bertz CT molecular complexity index is 709. The van der Waals surface area contributed by atoms with Crippen LogP contribution < -0.4 is 9.47 Å². The summed E-state index contributed by atoms with van der Waals surface area (Å²) in [6.07, 6.45) is -3.38. The van der Waals surface area contributed by atoms with Crippen molar-refractivity contribution in [1.82, 2.24) is 4.98 Å². The van der Waals surface area contributed by atoms with Crippen LogP contribution in [0.1, 0.15) is 5.56 Å². The highest BCUT2D eigenvalue weighted by molar-refractivity contribution is 5.70. The monoisotopic (exact) mass is 308 g/mol. The Balaban J connectivity index is 2.48. The molecule has 2 aromatic rings. The number of benzene rings is 1. The first-order chi connectivity index (χ1) is 10.4. The minimum atomic E-state index is -4.79. The molecule has 0 spiro atoms. The summed E-state index contributed by atoms with van der Waals surface area (Å²) >= 11 is 0. The maximum Gasteiger partial charge on any atom is 0.573 e. The predicted octanol–water partition coefficient (Wildman–Crippen LogP) is 3.72. The van der Waals surface area contributed by atoms with Gasteiger partial charge in [0.05, 0.1) is 19.6 Å². The maximum absolute atomic E-state index is 12.5. The van der Waals surface area contributed by atoms with E-state index in [-0.39, 0.29) is 23.6 Å². The molecule has 0 atom stereocenters. The fourth-order valence-corrected chi connectivity index (χ4v) is 1.96. The summed E-state index contributed by atoms with van der Waals surface area (Å²) in [7, 11) is 1.41. The molecule has 0 N–H and O–H groups in total. The minimum absolute atomic E-state index is 0.0340. The fraction of sp³-hybridized carbons (Fsp3) is 0.200. The third-order valence-electron chi connectivity index (χ3n) is 2.81. The molecular weight excluding hydrogens is 297 g/mol. The van der Waals surface area contributed by atoms with Crippen LogP contribution >= 0.6 is 0 Å². The van der Waals surface area contributed by atoms with E-state index in [4.69, 9.17) is 10.00 Å². The normalized spacial score (nSPS) is 10.9. The topological polar surface area (TPSA) is 55.1 Å². The summed E-state index contributed by atoms with van der Waals surface area (Å²) in [5, 5.41) is 8.80. The quantitative estimate of drug-likeness (QED) is 0.863. The smallest absolute Gasteiger partial charge is 0.481 e. The number of halogens is 3. The van der Waals surface area contributed by atoms with E-state index in [1.54, 1.807) is 12.1 Å². The van der Waals surface area contributed by atoms with Crippen molar-refractivity contribution < 1.29 is 22.6 Å². The van der Waals surface area contributed by atoms with Crippen molar-refractivity contribution in [2.24, 2.45) is 0 Å². The molecular formula is C15H11F3N2O2. The number of hydrogen-bond acceptors (Lipinski definition) is 4. The van der Waals surface area contributed by atoms with Crippen LogP contribution in [0.5, 0.6) is 11.6 Å². The lowest BCUT2D eigenvalue weighted by Crippen LogP contribution is -2.17. The largest absolute Gasteiger partial charge is 0.573 e. The van der Waals surface area contributed by atoms with Crippen molar-refractivity contribution in [2.45, 2.75) is 12.8 Å². The molecule has 0 unspecified atom stereocenters. The van der Waals surface area contributed by atoms with Crippen molar-refractivity contribution in [2.75, 3.05) is 7.11 Å². The number of pyridine rings is 1. The van der Waals surface area contributed by atoms with Crippen LogP contribution in [0.3, 0.4) is 0 Å². The Hall–Kier alpha value is -2.75. The molecule has 114 valence electrons. The van der Waals surface area contributed by atoms with Gasteiger partial charge in [-0.1, -0.05) is 18.2 Å². The van der Waals surface area contributed by atoms with Gasteiger partial charge in [0.25, 0.3) is 0 Å². The van der Waals surface area contributed by atoms with Gasteiger partial charge >= 0.3 is 6.36 Å². The molecule has 0 aliphatic carbocycles. The van der Waals surface area contributed by atoms with Gasteiger partial charge in [-0.3, -0.25) is 0 Å². The zero-order valence-corrected chi connectivity index (χ0v) is 11.5. The first kappa shape index (κ1) is 15.6. The number of para-hydroxylation sites is 1. The Kier molecular flexibility index (Phi) is 4.51. The Morgan fingerprint density at radius 1 is 1.27 bits per heavy atom. The Morgan fingerprint density at radius 3 is 2.64 bits per heavy atom. The van der Waals surface area contributed by atoms with Gasteiger partial charge in [-0.05, 0) is 12.1 Å². The van der Waals surface area contributed by atoms with Crippen molar-refractivity contribution >= 4 is 0 Å². The van der Waals surface area contributed by atoms with Crippen LogP contribution in [-0.2, 0) is 6.42 Å². The fourth-order valence-electron chi connectivity index (χ4n) is 1.96. The zero-order chi connectivity index (χ0) is 16.2. The third-order valence-corrected chi connectivity index (χ3v) is 2.81. The summed E-state index contributed by atoms with van der Waals surface area (Å²) in [5.41, 5.74) is 1.13. The molecule has 0 radical (unpaired) electrons. The van der Waals surface area contributed by atoms with E-state index in [1.807, 2.05) is 6.07 Å². The van der Waals surface area contributed by atoms with Crippen LogP contribution in [0, 0.1) is 11.3 Å². The number of nitrogens with zero attached hydrogens (tertiary/aromatic N) is 2. The van der Waals surface area contributed by atoms with E-state index >= 15 is 0 Å². The third kappa shape index (κ3) is 3.67. The summed E-state index contributed by atoms with van der Waals surface area (Å²) < 4.78 is 46.4. The molecule has 0 bridgehead atoms. The van der Waals surface area contributed by atoms with Gasteiger partial charge < -0.3 is 9.47 Å². The molecule has 1 heterocycles. The molecule has 0 aliphatic heterocycles. The van der Waals surface area contributed by atoms with Crippen molar-refractivity contribution in [3.8, 4) is 28.8 Å². The van der Waals surface area contributed by atoms with E-state index in [0.717, 1.165) is 0 Å². The van der Waals surface area contributed by atoms with Gasteiger partial charge in [0, 0.05) is 22.9 Å². The van der Waals surface area contributed by atoms with Crippen LogP contribution in [0.25, 0.3) is 11.1 Å². The second kappa shape index (κ2) is 6.35. The predicted molar refractivity (Wildman–Crippen MR) is 72.2 cm³/mol. The highest BCUT2D eigenvalue weighted by Gasteiger charge is 2.32. The van der Waals surface area contributed by atoms with Crippen molar-refractivity contribution in [3.63, 3.8) is 0 Å². The summed E-state index contributed by atoms with van der Waals surface area (Å²) in [6, 6.07) is 9.26. The summed E-state index contributed by atoms with van der Waals surface area (Å²) in [4.78, 5) is 4.02. The zero-order valence-electron chi connectivity index (χ0n) is 11.5. The molecule has 0 saturated carbocycles. The van der Waals surface area contributed by atoms with E-state index in [0.29, 0.717) is 11.1 Å². The molecule has 0 aliphatic rings. The maximum atomic E-state index is 12.5. The van der Waals surface area contributed by atoms with Gasteiger partial charge in [0.1, 0.15) is 5.75 Å². The van der Waals surface area contributed by atoms with Crippen LogP contribution in [0.2, 0.25) is 0 Å². The van der Waals surface area contributed by atoms with E-state index in [1.165, 1.54) is 31.5 Å². The lowest BCUT2D eigenvalue weighted by Gasteiger charge is -2.14. The second-order valence-corrected chi connectivity index (χ2v) is 4.27. The molecule has 0 amide bonds. The second-order valence-electron chi connectivity index (χ2n) is 4.27. The first-order valence-corrected chi connectivity index (χ1v) is 6.19. The van der Waals surface area contributed by atoms with Gasteiger partial charge in [-0.15, -0.1) is 13.2 Å². The molecule has 7 heteroatoms. The molecule has 2 rings (SSSR count). The lowest BCUT2D eigenvalue weighted by atomic mass is 10.0. The van der Waals surface area contributed by atoms with Gasteiger partial charge in [0.15, 0.2) is 0 Å². The van der Waals surface area contributed by atoms with Gasteiger partial charge in [-0.25, -0.2) is 4.98 Å². The number of rotatable bonds is 4. The van der Waals surface area contributed by atoms with Crippen molar-refractivity contribution in [3.05, 3.63) is 42.1 Å². The van der Waals surface area contributed by atoms with Crippen molar-refractivity contribution in [1.29, 1.82) is 5.26 Å². The van der Waals surface area contributed by atoms with Crippen LogP contribution in [0.15, 0.2) is 36.5 Å². The highest BCUT2D eigenvalue weighted by atomic mass is 19.4. The summed E-state index contributed by atoms with van der Waals surface area (Å²) in [6.45, 7) is 0. The number of ether oxygens (including phenoxy) is 2. The SMILES string of the molecule is COc1ncc(-c2ccccc2OC(F)(F)F)cc1CC#N. The lowest BCUT2D eigenvalue weighted by molar-refractivity contribution is -0.274. The summed E-state index contributed by atoms with van der Waals surface area (Å²) in [5.74, 6) is -0.0654. The number of alkyl halides is 3. The van der Waals surface area contributed by atoms with Gasteiger partial charge in [0.2, 0.25) is 5.88 Å². The number of nitriles is 1. The standard InChI is InChI=1S/C15H11F3N2O2/c1-21-14-10(6-7-19)8-11(9-20-14)12-4-2-3-5-13(12)22-15(16,17)18/h2-5,8-9H,6H2,1H3. The molecule has 22 heavy (non-hydrogen) atoms. The van der Waals surface area contributed by atoms with E-state index in [9.17, 15) is 13.2 Å². The average molecular weight is 308 g/mol. The van der Waals surface area contributed by atoms with Crippen LogP contribution in [-0.4, -0.2) is 18.5 Å². The molecule has 0 saturated heterocycles. The molecule has 4 nitrogen and oxygen atoms in total. The average Bonchev–Trinajstić information content (AvgIpc) is 2.46. The molecule has 1 aromatic heterocycles. The van der Waals surface area contributed by atoms with E-state index in [2.05, 4.69) is 9.72 Å². The van der Waals surface area contributed by atoms with Gasteiger partial charge in [-0.2, -0.15) is 5.26 Å². The highest BCUT2D eigenvalue weighted by Crippen LogP contribution is 2.34. The minimum Gasteiger partial charge on any atom is -0.481 e. The Labute approximate surface area is 124 Å². The van der Waals surface area contributed by atoms with E-state index < -0.39 is 6.36 Å². The first-order valence-electron chi connectivity index (χ1n) is 6.19. The molecule has 0 fully saturated rings. The number of methoxy groups -OCH3 is 1. The molecule has 1 aromatic carbocycles. The number of hydrogen-bond donors (Lipinski definition) is 0. The Morgan fingerprint density at radius 2 is 2.00 bits per heavy atom. The number of aromatic nitrogens is 1.